The molecule has 0 bridgehead atoms. The average molecular weight is 581 g/mol. The Labute approximate surface area is 265 Å². The third-order valence-electron chi connectivity index (χ3n) is 8.22. The molecule has 0 saturated heterocycles. The number of aryl methyl sites for hydroxylation is 1. The van der Waals surface area contributed by atoms with Gasteiger partial charge in [0.25, 0.3) is 0 Å². The van der Waals surface area contributed by atoms with E-state index in [1.807, 2.05) is 65.1 Å². The van der Waals surface area contributed by atoms with E-state index in [1.54, 1.807) is 10.6 Å². The fourth-order valence-corrected chi connectivity index (χ4v) is 5.96. The van der Waals surface area contributed by atoms with E-state index in [-0.39, 0.29) is 11.6 Å². The van der Waals surface area contributed by atoms with Gasteiger partial charge in [0.15, 0.2) is 6.17 Å². The quantitative estimate of drug-likeness (QED) is 0.195. The molecule has 2 aromatic heterocycles. The van der Waals surface area contributed by atoms with E-state index in [4.69, 9.17) is 8.53 Å². The van der Waals surface area contributed by atoms with E-state index in [9.17, 15) is 5.26 Å². The molecule has 44 heavy (non-hydrogen) atoms. The van der Waals surface area contributed by atoms with Gasteiger partial charge in [-0.3, -0.25) is 0 Å². The summed E-state index contributed by atoms with van der Waals surface area (Å²) in [5, 5.41) is 12.0. The van der Waals surface area contributed by atoms with Gasteiger partial charge >= 0.3 is 0 Å². The van der Waals surface area contributed by atoms with Crippen molar-refractivity contribution in [2.45, 2.75) is 60.3 Å². The molecular formula is C41H41N2O+. The summed E-state index contributed by atoms with van der Waals surface area (Å²) in [5.74, 6) is 0. The van der Waals surface area contributed by atoms with Crippen LogP contribution in [0.5, 0.6) is 0 Å². The summed E-state index contributed by atoms with van der Waals surface area (Å²) in [7, 11) is 1.83. The predicted octanol–water partition coefficient (Wildman–Crippen LogP) is 10.5. The first-order valence-electron chi connectivity index (χ1n) is 16.6. The van der Waals surface area contributed by atoms with Gasteiger partial charge in [0.2, 0.25) is 5.69 Å². The highest BCUT2D eigenvalue weighted by atomic mass is 16.3. The topological polar surface area (TPSA) is 40.8 Å². The van der Waals surface area contributed by atoms with Crippen LogP contribution in [0.25, 0.3) is 55.4 Å². The standard InChI is InChI=1S/C41H41N2O/c1-26-12-18-33-34-19-17-31(25-42)37(29-15-13-28(14-16-29)30-10-9-11-32(23-30)41(5,6)7)39(34)44-38(33)36(26)35-22-27(20-21-43(35)8)24-40(2,3)4/h9-23H,24H2,1-8H3/q+1/i21D,24D2. The van der Waals surface area contributed by atoms with Crippen molar-refractivity contribution < 1.29 is 13.1 Å². The third kappa shape index (κ3) is 5.42. The van der Waals surface area contributed by atoms with Crippen molar-refractivity contribution in [3.05, 3.63) is 113 Å². The zero-order chi connectivity index (χ0) is 34.1. The molecule has 6 aromatic rings. The molecule has 0 aliphatic heterocycles. The van der Waals surface area contributed by atoms with Gasteiger partial charge in [-0.1, -0.05) is 102 Å². The molecule has 0 unspecified atom stereocenters. The molecule has 3 nitrogen and oxygen atoms in total. The molecule has 0 aliphatic carbocycles. The van der Waals surface area contributed by atoms with Crippen LogP contribution in [0.1, 0.15) is 67.9 Å². The Morgan fingerprint density at radius 2 is 1.45 bits per heavy atom. The third-order valence-corrected chi connectivity index (χ3v) is 8.22. The van der Waals surface area contributed by atoms with E-state index in [0.717, 1.165) is 44.2 Å². The van der Waals surface area contributed by atoms with Gasteiger partial charge in [-0.25, -0.2) is 4.57 Å². The highest BCUT2D eigenvalue weighted by molar-refractivity contribution is 6.14. The number of hydrogen-bond acceptors (Lipinski definition) is 2. The summed E-state index contributed by atoms with van der Waals surface area (Å²) in [6.07, 6.45) is -1.46. The minimum Gasteiger partial charge on any atom is -0.454 e. The van der Waals surface area contributed by atoms with Crippen molar-refractivity contribution in [1.29, 1.82) is 5.26 Å². The molecule has 6 rings (SSSR count). The van der Waals surface area contributed by atoms with Gasteiger partial charge in [-0.15, -0.1) is 0 Å². The van der Waals surface area contributed by atoms with Crippen molar-refractivity contribution in [3.8, 4) is 39.6 Å². The van der Waals surface area contributed by atoms with E-state index in [2.05, 4.69) is 75.4 Å². The van der Waals surface area contributed by atoms with Crippen molar-refractivity contribution >= 4 is 21.9 Å². The maximum absolute atomic E-state index is 10.2. The SMILES string of the molecule is [2H]c1cc(C([2H])([2H])C(C)(C)C)cc(-c2c(C)ccc3c2oc2c(-c4ccc(-c5cccc(C(C)(C)C)c5)cc4)c(C#N)ccc23)[n+]1C. The number of benzene rings is 4. The Kier molecular flexibility index (Phi) is 6.33. The first-order chi connectivity index (χ1) is 22.0. The fraction of sp³-hybridized carbons (Fsp3) is 0.268. The smallest absolute Gasteiger partial charge is 0.216 e. The Morgan fingerprint density at radius 1 is 0.795 bits per heavy atom. The normalized spacial score (nSPS) is 13.5. The summed E-state index contributed by atoms with van der Waals surface area (Å²) < 4.78 is 35.2. The molecule has 0 saturated carbocycles. The Morgan fingerprint density at radius 3 is 2.11 bits per heavy atom. The number of rotatable bonds is 4. The second-order valence-electron chi connectivity index (χ2n) is 13.8. The minimum atomic E-state index is -1.67. The van der Waals surface area contributed by atoms with Crippen LogP contribution in [0.2, 0.25) is 0 Å². The number of pyridine rings is 1. The second-order valence-corrected chi connectivity index (χ2v) is 13.8. The molecule has 0 amide bonds. The van der Waals surface area contributed by atoms with Crippen molar-refractivity contribution in [1.82, 2.24) is 0 Å². The number of furan rings is 1. The van der Waals surface area contributed by atoms with Gasteiger partial charge in [-0.05, 0) is 69.6 Å². The molecule has 0 radical (unpaired) electrons. The Balaban J connectivity index is 1.56. The number of aromatic nitrogens is 1. The zero-order valence-electron chi connectivity index (χ0n) is 29.9. The van der Waals surface area contributed by atoms with Crippen LogP contribution in [0.3, 0.4) is 0 Å². The molecule has 0 aliphatic rings. The summed E-state index contributed by atoms with van der Waals surface area (Å²) >= 11 is 0. The molecular weight excluding hydrogens is 536 g/mol. The average Bonchev–Trinajstić information content (AvgIpc) is 3.39. The Bertz CT molecular complexity index is 2220. The van der Waals surface area contributed by atoms with Crippen LogP contribution >= 0.6 is 0 Å². The predicted molar refractivity (Wildman–Crippen MR) is 183 cm³/mol. The lowest BCUT2D eigenvalue weighted by Crippen LogP contribution is -2.31. The molecule has 0 spiro atoms. The zero-order valence-corrected chi connectivity index (χ0v) is 26.9. The van der Waals surface area contributed by atoms with Gasteiger partial charge in [0, 0.05) is 31.2 Å². The van der Waals surface area contributed by atoms with Gasteiger partial charge in [0.05, 0.1) is 17.2 Å². The molecule has 0 N–H and O–H groups in total. The lowest BCUT2D eigenvalue weighted by molar-refractivity contribution is -0.660. The van der Waals surface area contributed by atoms with Crippen LogP contribution in [0.15, 0.2) is 95.5 Å². The number of nitrogens with zero attached hydrogens (tertiary/aromatic N) is 2. The number of hydrogen-bond donors (Lipinski definition) is 0. The summed E-state index contributed by atoms with van der Waals surface area (Å²) in [6, 6.07) is 30.7. The molecule has 2 heterocycles. The highest BCUT2D eigenvalue weighted by Crippen LogP contribution is 2.42. The minimum absolute atomic E-state index is 0.0461. The lowest BCUT2D eigenvalue weighted by atomic mass is 9.85. The molecule has 0 fully saturated rings. The van der Waals surface area contributed by atoms with Crippen molar-refractivity contribution in [2.24, 2.45) is 12.5 Å². The van der Waals surface area contributed by atoms with Crippen LogP contribution in [-0.4, -0.2) is 0 Å². The van der Waals surface area contributed by atoms with Gasteiger partial charge < -0.3 is 4.42 Å². The van der Waals surface area contributed by atoms with Crippen molar-refractivity contribution in [2.75, 3.05) is 0 Å². The summed E-state index contributed by atoms with van der Waals surface area (Å²) in [5.41, 5.74) is 9.22. The number of nitriles is 1. The first kappa shape index (κ1) is 25.8. The van der Waals surface area contributed by atoms with E-state index in [1.165, 1.54) is 5.56 Å². The maximum atomic E-state index is 10.2. The summed E-state index contributed by atoms with van der Waals surface area (Å²) in [4.78, 5) is 0. The lowest BCUT2D eigenvalue weighted by Gasteiger charge is -2.20. The maximum Gasteiger partial charge on any atom is 0.216 e. The van der Waals surface area contributed by atoms with E-state index < -0.39 is 11.8 Å². The molecule has 3 heteroatoms. The van der Waals surface area contributed by atoms with Gasteiger partial charge in [0.1, 0.15) is 19.6 Å². The van der Waals surface area contributed by atoms with Crippen LogP contribution < -0.4 is 4.57 Å². The molecule has 220 valence electrons. The highest BCUT2D eigenvalue weighted by Gasteiger charge is 2.24. The van der Waals surface area contributed by atoms with E-state index in [0.29, 0.717) is 28.0 Å². The summed E-state index contributed by atoms with van der Waals surface area (Å²) in [6.45, 7) is 14.3. The second kappa shape index (κ2) is 10.8. The largest absolute Gasteiger partial charge is 0.454 e. The van der Waals surface area contributed by atoms with Crippen molar-refractivity contribution in [3.63, 3.8) is 0 Å². The first-order valence-corrected chi connectivity index (χ1v) is 15.1. The fourth-order valence-electron chi connectivity index (χ4n) is 5.96. The molecule has 4 aromatic carbocycles. The Hall–Kier alpha value is -4.68. The molecule has 0 atom stereocenters. The number of fused-ring (bicyclic) bond motifs is 3. The monoisotopic (exact) mass is 580 g/mol. The van der Waals surface area contributed by atoms with E-state index >= 15 is 0 Å². The van der Waals surface area contributed by atoms with Crippen LogP contribution in [0.4, 0.5) is 0 Å². The van der Waals surface area contributed by atoms with Crippen LogP contribution in [-0.2, 0) is 18.8 Å². The van der Waals surface area contributed by atoms with Gasteiger partial charge in [-0.2, -0.15) is 5.26 Å². The van der Waals surface area contributed by atoms with Crippen LogP contribution in [0, 0.1) is 23.7 Å².